The van der Waals surface area contributed by atoms with Crippen LogP contribution in [0.25, 0.3) is 6.08 Å². The molecular weight excluding hydrogens is 196 g/mol. The Labute approximate surface area is 87.8 Å². The van der Waals surface area contributed by atoms with Gasteiger partial charge >= 0.3 is 5.97 Å². The first kappa shape index (κ1) is 11.3. The lowest BCUT2D eigenvalue weighted by atomic mass is 10.3. The lowest BCUT2D eigenvalue weighted by molar-refractivity contribution is 0.0593. The summed E-state index contributed by atoms with van der Waals surface area (Å²) in [5, 5.41) is 0. The van der Waals surface area contributed by atoms with Gasteiger partial charge in [-0.25, -0.2) is 9.78 Å². The second-order valence-electron chi connectivity index (χ2n) is 2.68. The molecular formula is C10H12N2O3. The maximum atomic E-state index is 11.0. The normalized spacial score (nSPS) is 10.5. The van der Waals surface area contributed by atoms with Gasteiger partial charge in [0.25, 0.3) is 0 Å². The van der Waals surface area contributed by atoms with Crippen molar-refractivity contribution in [2.75, 3.05) is 20.8 Å². The average Bonchev–Trinajstić information content (AvgIpc) is 2.29. The maximum Gasteiger partial charge on any atom is 0.358 e. The molecule has 0 saturated heterocycles. The fourth-order valence-electron chi connectivity index (χ4n) is 0.899. The highest BCUT2D eigenvalue weighted by Gasteiger charge is 2.05. The van der Waals surface area contributed by atoms with Crippen LogP contribution in [0.4, 0.5) is 0 Å². The SMILES string of the molecule is COCC=Cc1cnc(C(=O)OC)cn1. The molecule has 0 N–H and O–H groups in total. The van der Waals surface area contributed by atoms with E-state index in [4.69, 9.17) is 4.74 Å². The summed E-state index contributed by atoms with van der Waals surface area (Å²) in [6.45, 7) is 0.514. The van der Waals surface area contributed by atoms with Crippen LogP contribution < -0.4 is 0 Å². The van der Waals surface area contributed by atoms with Gasteiger partial charge in [0, 0.05) is 7.11 Å². The van der Waals surface area contributed by atoms with E-state index >= 15 is 0 Å². The summed E-state index contributed by atoms with van der Waals surface area (Å²) in [6.07, 6.45) is 6.44. The van der Waals surface area contributed by atoms with Crippen molar-refractivity contribution >= 4 is 12.0 Å². The third-order valence-electron chi connectivity index (χ3n) is 1.62. The molecule has 0 fully saturated rings. The second-order valence-corrected chi connectivity index (χ2v) is 2.68. The fourth-order valence-corrected chi connectivity index (χ4v) is 0.899. The third-order valence-corrected chi connectivity index (χ3v) is 1.62. The number of hydrogen-bond acceptors (Lipinski definition) is 5. The van der Waals surface area contributed by atoms with Gasteiger partial charge in [-0.2, -0.15) is 0 Å². The van der Waals surface area contributed by atoms with Gasteiger partial charge in [-0.1, -0.05) is 6.08 Å². The zero-order valence-corrected chi connectivity index (χ0v) is 8.64. The van der Waals surface area contributed by atoms with Crippen LogP contribution in [0.1, 0.15) is 16.2 Å². The van der Waals surface area contributed by atoms with Gasteiger partial charge in [0.15, 0.2) is 5.69 Å². The van der Waals surface area contributed by atoms with Gasteiger partial charge < -0.3 is 9.47 Å². The predicted molar refractivity (Wildman–Crippen MR) is 54.3 cm³/mol. The van der Waals surface area contributed by atoms with Crippen LogP contribution in [0, 0.1) is 0 Å². The topological polar surface area (TPSA) is 61.3 Å². The minimum Gasteiger partial charge on any atom is -0.464 e. The van der Waals surface area contributed by atoms with Gasteiger partial charge in [-0.15, -0.1) is 0 Å². The van der Waals surface area contributed by atoms with Crippen LogP contribution in [0.2, 0.25) is 0 Å². The van der Waals surface area contributed by atoms with E-state index in [1.165, 1.54) is 19.5 Å². The molecule has 80 valence electrons. The number of rotatable bonds is 4. The number of methoxy groups -OCH3 is 2. The van der Waals surface area contributed by atoms with Crippen molar-refractivity contribution in [2.24, 2.45) is 0 Å². The molecule has 1 aromatic heterocycles. The Kier molecular flexibility index (Phi) is 4.43. The third kappa shape index (κ3) is 3.47. The standard InChI is InChI=1S/C10H12N2O3/c1-14-5-3-4-8-6-12-9(7-11-8)10(13)15-2/h3-4,6-7H,5H2,1-2H3. The predicted octanol–water partition coefficient (Wildman–Crippen LogP) is 0.923. The Morgan fingerprint density at radius 1 is 1.40 bits per heavy atom. The number of hydrogen-bond donors (Lipinski definition) is 0. The molecule has 0 atom stereocenters. The largest absolute Gasteiger partial charge is 0.464 e. The molecule has 1 aromatic rings. The summed E-state index contributed by atoms with van der Waals surface area (Å²) in [6, 6.07) is 0. The molecule has 0 aromatic carbocycles. The van der Waals surface area contributed by atoms with Gasteiger partial charge in [0.05, 0.1) is 31.8 Å². The molecule has 1 rings (SSSR count). The van der Waals surface area contributed by atoms with Gasteiger partial charge in [0.1, 0.15) is 0 Å². The molecule has 0 aliphatic rings. The van der Waals surface area contributed by atoms with Crippen molar-refractivity contribution in [3.63, 3.8) is 0 Å². The molecule has 0 aliphatic heterocycles. The van der Waals surface area contributed by atoms with Gasteiger partial charge in [-0.3, -0.25) is 4.98 Å². The van der Waals surface area contributed by atoms with Crippen LogP contribution in [0.5, 0.6) is 0 Å². The van der Waals surface area contributed by atoms with Crippen molar-refractivity contribution in [3.8, 4) is 0 Å². The average molecular weight is 208 g/mol. The Morgan fingerprint density at radius 3 is 2.73 bits per heavy atom. The highest BCUT2D eigenvalue weighted by atomic mass is 16.5. The summed E-state index contributed by atoms with van der Waals surface area (Å²) in [5.41, 5.74) is 0.862. The van der Waals surface area contributed by atoms with E-state index in [2.05, 4.69) is 14.7 Å². The molecule has 5 heteroatoms. The summed E-state index contributed by atoms with van der Waals surface area (Å²) in [5.74, 6) is -0.491. The number of ether oxygens (including phenoxy) is 2. The molecule has 0 bridgehead atoms. The molecule has 15 heavy (non-hydrogen) atoms. The van der Waals surface area contributed by atoms with Crippen LogP contribution in [0.3, 0.4) is 0 Å². The maximum absolute atomic E-state index is 11.0. The Morgan fingerprint density at radius 2 is 2.20 bits per heavy atom. The first-order valence-corrected chi connectivity index (χ1v) is 4.33. The number of nitrogens with zero attached hydrogens (tertiary/aromatic N) is 2. The van der Waals surface area contributed by atoms with E-state index in [1.807, 2.05) is 6.08 Å². The van der Waals surface area contributed by atoms with E-state index in [0.717, 1.165) is 0 Å². The van der Waals surface area contributed by atoms with Crippen molar-refractivity contribution in [3.05, 3.63) is 29.9 Å². The lowest BCUT2D eigenvalue weighted by Crippen LogP contribution is -2.04. The molecule has 0 amide bonds. The van der Waals surface area contributed by atoms with Crippen molar-refractivity contribution in [2.45, 2.75) is 0 Å². The van der Waals surface area contributed by atoms with Crippen LogP contribution in [0.15, 0.2) is 18.5 Å². The Bertz CT molecular complexity index is 346. The van der Waals surface area contributed by atoms with E-state index in [-0.39, 0.29) is 5.69 Å². The molecule has 5 nitrogen and oxygen atoms in total. The quantitative estimate of drug-likeness (QED) is 0.688. The van der Waals surface area contributed by atoms with Crippen molar-refractivity contribution in [1.29, 1.82) is 0 Å². The highest BCUT2D eigenvalue weighted by molar-refractivity contribution is 5.86. The van der Waals surface area contributed by atoms with Crippen LogP contribution in [-0.4, -0.2) is 36.8 Å². The van der Waals surface area contributed by atoms with Gasteiger partial charge in [-0.05, 0) is 6.08 Å². The summed E-state index contributed by atoms with van der Waals surface area (Å²) < 4.78 is 9.33. The molecule has 1 heterocycles. The minimum absolute atomic E-state index is 0.196. The number of carbonyl (C=O) groups is 1. The first-order chi connectivity index (χ1) is 7.27. The zero-order valence-electron chi connectivity index (χ0n) is 8.64. The highest BCUT2D eigenvalue weighted by Crippen LogP contribution is 1.99. The molecule has 0 unspecified atom stereocenters. The second kappa shape index (κ2) is 5.87. The monoisotopic (exact) mass is 208 g/mol. The molecule has 0 spiro atoms. The van der Waals surface area contributed by atoms with E-state index in [0.29, 0.717) is 12.3 Å². The molecule has 0 saturated carbocycles. The number of carbonyl (C=O) groups excluding carboxylic acids is 1. The summed E-state index contributed by atoms with van der Waals surface area (Å²) in [4.78, 5) is 18.9. The Balaban J connectivity index is 2.68. The number of aromatic nitrogens is 2. The summed E-state index contributed by atoms with van der Waals surface area (Å²) >= 11 is 0. The smallest absolute Gasteiger partial charge is 0.358 e. The number of esters is 1. The van der Waals surface area contributed by atoms with Crippen LogP contribution in [-0.2, 0) is 9.47 Å². The summed E-state index contributed by atoms with van der Waals surface area (Å²) in [7, 11) is 2.91. The fraction of sp³-hybridized carbons (Fsp3) is 0.300. The van der Waals surface area contributed by atoms with E-state index in [9.17, 15) is 4.79 Å². The van der Waals surface area contributed by atoms with E-state index in [1.54, 1.807) is 13.2 Å². The van der Waals surface area contributed by atoms with Crippen LogP contribution >= 0.6 is 0 Å². The van der Waals surface area contributed by atoms with Crippen molar-refractivity contribution in [1.82, 2.24) is 9.97 Å². The van der Waals surface area contributed by atoms with Gasteiger partial charge in [0.2, 0.25) is 0 Å². The van der Waals surface area contributed by atoms with Crippen molar-refractivity contribution < 1.29 is 14.3 Å². The zero-order chi connectivity index (χ0) is 11.1. The first-order valence-electron chi connectivity index (χ1n) is 4.33. The molecule has 0 radical (unpaired) electrons. The Hall–Kier alpha value is -1.75. The van der Waals surface area contributed by atoms with E-state index < -0.39 is 5.97 Å². The lowest BCUT2D eigenvalue weighted by Gasteiger charge is -1.97. The molecule has 0 aliphatic carbocycles. The minimum atomic E-state index is -0.491.